The van der Waals surface area contributed by atoms with Crippen molar-refractivity contribution in [1.29, 1.82) is 0 Å². The predicted molar refractivity (Wildman–Crippen MR) is 108 cm³/mol. The van der Waals surface area contributed by atoms with Gasteiger partial charge in [-0.15, -0.1) is 0 Å². The molecule has 2 fully saturated rings. The van der Waals surface area contributed by atoms with Crippen LogP contribution in [0.2, 0.25) is 6.82 Å². The molecule has 0 aromatic heterocycles. The minimum Gasteiger partial charge on any atom is -0.437 e. The molecule has 2 heterocycles. The molecule has 1 N–H and O–H groups in total. The molecule has 0 aliphatic carbocycles. The Morgan fingerprint density at radius 1 is 1.04 bits per heavy atom. The first-order valence-corrected chi connectivity index (χ1v) is 10.1. The van der Waals surface area contributed by atoms with Crippen LogP contribution >= 0.6 is 0 Å². The second kappa shape index (κ2) is 8.21. The Hall–Kier alpha value is -1.31. The van der Waals surface area contributed by atoms with Crippen molar-refractivity contribution in [2.45, 2.75) is 58.1 Å². The van der Waals surface area contributed by atoms with Crippen molar-refractivity contribution in [1.82, 2.24) is 9.71 Å². The zero-order valence-electron chi connectivity index (χ0n) is 17.0. The average Bonchev–Trinajstić information content (AvgIpc) is 2.67. The Kier molecular flexibility index (Phi) is 6.27. The molecule has 0 atom stereocenters. The lowest BCUT2D eigenvalue weighted by atomic mass is 9.77. The molecule has 2 aliphatic rings. The van der Waals surface area contributed by atoms with Gasteiger partial charge in [0.1, 0.15) is 0 Å². The summed E-state index contributed by atoms with van der Waals surface area (Å²) in [5, 5.41) is 9.77. The third kappa shape index (κ3) is 4.63. The topological polar surface area (TPSA) is 26.7 Å². The number of likely N-dealkylation sites (tertiary alicyclic amines) is 1. The molecule has 0 radical (unpaired) electrons. The summed E-state index contributed by atoms with van der Waals surface area (Å²) in [5.41, 5.74) is 2.91. The van der Waals surface area contributed by atoms with Gasteiger partial charge >= 0.3 is 13.2 Å². The quantitative estimate of drug-likeness (QED) is 0.763. The van der Waals surface area contributed by atoms with E-state index in [0.717, 1.165) is 63.0 Å². The predicted octanol–water partition coefficient (Wildman–Crippen LogP) is 4.54. The summed E-state index contributed by atoms with van der Waals surface area (Å²) in [6.45, 7) is 9.97. The van der Waals surface area contributed by atoms with E-state index in [2.05, 4.69) is 16.6 Å². The lowest BCUT2D eigenvalue weighted by Crippen LogP contribution is -2.57. The third-order valence-electron chi connectivity index (χ3n) is 6.71. The second-order valence-electron chi connectivity index (χ2n) is 8.46. The van der Waals surface area contributed by atoms with Gasteiger partial charge in [0, 0.05) is 18.6 Å². The number of benzene rings is 1. The van der Waals surface area contributed by atoms with Crippen LogP contribution in [0.4, 0.5) is 13.2 Å². The van der Waals surface area contributed by atoms with E-state index in [4.69, 9.17) is 0 Å². The van der Waals surface area contributed by atoms with Gasteiger partial charge < -0.3 is 9.83 Å². The Labute approximate surface area is 166 Å². The molecule has 7 heteroatoms. The number of halogens is 3. The molecule has 3 rings (SSSR count). The highest BCUT2D eigenvalue weighted by molar-refractivity contribution is 6.45. The maximum absolute atomic E-state index is 12.8. The Balaban J connectivity index is 1.63. The standard InChI is InChI=1S/C21H30BF3N2O/c1-16(17-4-6-19(7-5-17)21(23,24)25)18-8-12-26(13-9-18)20(2)10-14-27(15-11-20)22(3)28/h4-7,28H,8-15H2,1-3H3. The molecule has 0 amide bonds. The van der Waals surface area contributed by atoms with Gasteiger partial charge in [0.25, 0.3) is 0 Å². The van der Waals surface area contributed by atoms with Gasteiger partial charge in [-0.1, -0.05) is 17.7 Å². The van der Waals surface area contributed by atoms with E-state index in [-0.39, 0.29) is 12.6 Å². The smallest absolute Gasteiger partial charge is 0.416 e. The molecular formula is C21H30BF3N2O. The first-order valence-electron chi connectivity index (χ1n) is 10.1. The molecule has 0 bridgehead atoms. The molecule has 2 aliphatic heterocycles. The molecule has 1 aromatic carbocycles. The lowest BCUT2D eigenvalue weighted by Gasteiger charge is -2.49. The van der Waals surface area contributed by atoms with E-state index in [0.29, 0.717) is 0 Å². The normalized spacial score (nSPS) is 21.6. The van der Waals surface area contributed by atoms with Crippen LogP contribution in [-0.2, 0) is 6.18 Å². The Bertz CT molecular complexity index is 697. The maximum atomic E-state index is 12.8. The highest BCUT2D eigenvalue weighted by atomic mass is 19.4. The number of rotatable bonds is 3. The summed E-state index contributed by atoms with van der Waals surface area (Å²) in [4.78, 5) is 4.68. The fraction of sp³-hybridized carbons (Fsp3) is 0.619. The fourth-order valence-electron chi connectivity index (χ4n) is 4.50. The summed E-state index contributed by atoms with van der Waals surface area (Å²) >= 11 is 0. The van der Waals surface area contributed by atoms with Crippen molar-refractivity contribution in [3.8, 4) is 0 Å². The number of hydrogen-bond acceptors (Lipinski definition) is 3. The first-order chi connectivity index (χ1) is 13.1. The lowest BCUT2D eigenvalue weighted by molar-refractivity contribution is -0.137. The number of allylic oxidation sites excluding steroid dienone is 1. The van der Waals surface area contributed by atoms with Gasteiger partial charge in [-0.3, -0.25) is 4.90 Å². The summed E-state index contributed by atoms with van der Waals surface area (Å²) in [5.74, 6) is 0. The SMILES string of the molecule is CB(O)N1CCC(C)(N2CCC(=C(C)c3ccc(C(F)(F)F)cc3)CC2)CC1. The van der Waals surface area contributed by atoms with Crippen LogP contribution in [0.25, 0.3) is 5.57 Å². The molecule has 0 saturated carbocycles. The van der Waals surface area contributed by atoms with Crippen molar-refractivity contribution in [3.05, 3.63) is 41.0 Å². The van der Waals surface area contributed by atoms with Crippen molar-refractivity contribution >= 4 is 12.6 Å². The summed E-state index contributed by atoms with van der Waals surface area (Å²) in [7, 11) is -0.383. The monoisotopic (exact) mass is 394 g/mol. The molecule has 154 valence electrons. The van der Waals surface area contributed by atoms with Crippen LogP contribution in [0, 0.1) is 0 Å². The zero-order valence-corrected chi connectivity index (χ0v) is 17.0. The second-order valence-corrected chi connectivity index (χ2v) is 8.46. The molecule has 2 saturated heterocycles. The first kappa shape index (κ1) is 21.4. The van der Waals surface area contributed by atoms with Crippen LogP contribution in [0.1, 0.15) is 50.7 Å². The van der Waals surface area contributed by atoms with Gasteiger partial charge in [-0.25, -0.2) is 0 Å². The fourth-order valence-corrected chi connectivity index (χ4v) is 4.50. The highest BCUT2D eigenvalue weighted by Gasteiger charge is 2.38. The van der Waals surface area contributed by atoms with Gasteiger partial charge in [0.15, 0.2) is 0 Å². The zero-order chi connectivity index (χ0) is 20.5. The minimum atomic E-state index is -4.29. The van der Waals surface area contributed by atoms with Crippen LogP contribution < -0.4 is 0 Å². The van der Waals surface area contributed by atoms with Gasteiger partial charge in [-0.2, -0.15) is 13.2 Å². The highest BCUT2D eigenvalue weighted by Crippen LogP contribution is 2.35. The molecule has 1 aromatic rings. The summed E-state index contributed by atoms with van der Waals surface area (Å²) in [6, 6.07) is 5.52. The number of piperidine rings is 2. The van der Waals surface area contributed by atoms with Crippen molar-refractivity contribution in [3.63, 3.8) is 0 Å². The Morgan fingerprint density at radius 2 is 1.57 bits per heavy atom. The Morgan fingerprint density at radius 3 is 2.04 bits per heavy atom. The number of hydrogen-bond donors (Lipinski definition) is 1. The molecular weight excluding hydrogens is 364 g/mol. The van der Waals surface area contributed by atoms with E-state index in [1.54, 1.807) is 12.1 Å². The molecule has 0 spiro atoms. The van der Waals surface area contributed by atoms with E-state index < -0.39 is 11.7 Å². The van der Waals surface area contributed by atoms with Crippen LogP contribution in [0.15, 0.2) is 29.8 Å². The van der Waals surface area contributed by atoms with Crippen molar-refractivity contribution < 1.29 is 18.2 Å². The van der Waals surface area contributed by atoms with E-state index >= 15 is 0 Å². The van der Waals surface area contributed by atoms with Gasteiger partial charge in [0.05, 0.1) is 5.56 Å². The maximum Gasteiger partial charge on any atom is 0.416 e. The summed E-state index contributed by atoms with van der Waals surface area (Å²) in [6.07, 6.45) is -0.265. The largest absolute Gasteiger partial charge is 0.437 e. The van der Waals surface area contributed by atoms with Crippen LogP contribution in [0.3, 0.4) is 0 Å². The number of alkyl halides is 3. The van der Waals surface area contributed by atoms with Gasteiger partial charge in [0.2, 0.25) is 0 Å². The van der Waals surface area contributed by atoms with Crippen molar-refractivity contribution in [2.24, 2.45) is 0 Å². The van der Waals surface area contributed by atoms with Crippen LogP contribution in [0.5, 0.6) is 0 Å². The average molecular weight is 394 g/mol. The third-order valence-corrected chi connectivity index (χ3v) is 6.71. The van der Waals surface area contributed by atoms with E-state index in [1.807, 2.05) is 13.7 Å². The van der Waals surface area contributed by atoms with E-state index in [1.165, 1.54) is 17.7 Å². The minimum absolute atomic E-state index is 0.166. The summed E-state index contributed by atoms with van der Waals surface area (Å²) < 4.78 is 38.3. The van der Waals surface area contributed by atoms with Crippen LogP contribution in [-0.4, -0.2) is 53.5 Å². The number of nitrogens with zero attached hydrogens (tertiary/aromatic N) is 2. The molecule has 28 heavy (non-hydrogen) atoms. The molecule has 0 unspecified atom stereocenters. The van der Waals surface area contributed by atoms with Gasteiger partial charge in [-0.05, 0) is 82.7 Å². The molecule has 3 nitrogen and oxygen atoms in total. The van der Waals surface area contributed by atoms with E-state index in [9.17, 15) is 18.2 Å². The van der Waals surface area contributed by atoms with Crippen molar-refractivity contribution in [2.75, 3.05) is 26.2 Å².